The van der Waals surface area contributed by atoms with Crippen molar-refractivity contribution in [3.63, 3.8) is 0 Å². The van der Waals surface area contributed by atoms with Gasteiger partial charge in [-0.15, -0.1) is 0 Å². The van der Waals surface area contributed by atoms with Crippen LogP contribution >= 0.6 is 0 Å². The Morgan fingerprint density at radius 2 is 1.72 bits per heavy atom. The smallest absolute Gasteiger partial charge is 0.338 e. The third-order valence-corrected chi connectivity index (χ3v) is 3.78. The minimum absolute atomic E-state index is 0.00750. The third kappa shape index (κ3) is 6.66. The molecule has 2 aromatic carbocycles. The monoisotopic (exact) mass is 412 g/mol. The van der Waals surface area contributed by atoms with Crippen LogP contribution in [0, 0.1) is 5.82 Å². The maximum absolute atomic E-state index is 13.2. The summed E-state index contributed by atoms with van der Waals surface area (Å²) in [6, 6.07) is 8.06. The lowest BCUT2D eigenvalue weighted by molar-refractivity contribution is -0.137. The van der Waals surface area contributed by atoms with Crippen molar-refractivity contribution in [2.24, 2.45) is 0 Å². The molecule has 4 amide bonds. The van der Waals surface area contributed by atoms with Crippen LogP contribution in [0.2, 0.25) is 0 Å². The van der Waals surface area contributed by atoms with Gasteiger partial charge in [-0.25, -0.2) is 14.0 Å². The van der Waals surface area contributed by atoms with Crippen LogP contribution in [-0.4, -0.2) is 31.7 Å². The van der Waals surface area contributed by atoms with Gasteiger partial charge in [0, 0.05) is 31.0 Å². The molecule has 0 aliphatic heterocycles. The van der Waals surface area contributed by atoms with Gasteiger partial charge in [-0.05, 0) is 49.4 Å². The second kappa shape index (κ2) is 9.76. The highest BCUT2D eigenvalue weighted by Gasteiger charge is 2.30. The van der Waals surface area contributed by atoms with Gasteiger partial charge in [0.25, 0.3) is 0 Å². The largest absolute Gasteiger partial charge is 0.416 e. The third-order valence-electron chi connectivity index (χ3n) is 3.78. The average Bonchev–Trinajstić information content (AvgIpc) is 2.66. The van der Waals surface area contributed by atoms with Gasteiger partial charge in [-0.1, -0.05) is 6.07 Å². The van der Waals surface area contributed by atoms with E-state index >= 15 is 0 Å². The summed E-state index contributed by atoms with van der Waals surface area (Å²) in [6.07, 6.45) is -4.55. The van der Waals surface area contributed by atoms with E-state index in [0.29, 0.717) is 12.2 Å². The second-order valence-corrected chi connectivity index (χ2v) is 5.92. The van der Waals surface area contributed by atoms with Gasteiger partial charge in [-0.3, -0.25) is 4.90 Å². The standard InChI is InChI=1S/C19H20F4N4O2/c1-2-24-17(28)25-10-11-27(16-8-6-14(20)7-9-16)18(29)26-15-5-3-4-13(12-15)19(21,22)23/h3-9,12H,2,10-11H2,1H3,(H,26,29)(H2,24,25,28). The molecule has 0 saturated carbocycles. The van der Waals surface area contributed by atoms with Crippen molar-refractivity contribution in [3.05, 3.63) is 59.9 Å². The number of amides is 4. The molecule has 0 aromatic heterocycles. The summed E-state index contributed by atoms with van der Waals surface area (Å²) in [7, 11) is 0. The molecule has 0 bridgehead atoms. The van der Waals surface area contributed by atoms with E-state index in [4.69, 9.17) is 0 Å². The summed E-state index contributed by atoms with van der Waals surface area (Å²) >= 11 is 0. The fraction of sp³-hybridized carbons (Fsp3) is 0.263. The molecule has 29 heavy (non-hydrogen) atoms. The summed E-state index contributed by atoms with van der Waals surface area (Å²) in [6.45, 7) is 2.24. The van der Waals surface area contributed by atoms with E-state index in [1.807, 2.05) is 0 Å². The maximum atomic E-state index is 13.2. The minimum atomic E-state index is -4.55. The van der Waals surface area contributed by atoms with Gasteiger partial charge in [0.05, 0.1) is 5.56 Å². The van der Waals surface area contributed by atoms with Gasteiger partial charge >= 0.3 is 18.2 Å². The Bertz CT molecular complexity index is 841. The first kappa shape index (κ1) is 22.0. The lowest BCUT2D eigenvalue weighted by atomic mass is 10.2. The van der Waals surface area contributed by atoms with E-state index < -0.39 is 29.6 Å². The highest BCUT2D eigenvalue weighted by Crippen LogP contribution is 2.30. The molecule has 0 aliphatic carbocycles. The van der Waals surface area contributed by atoms with E-state index in [1.54, 1.807) is 6.92 Å². The lowest BCUT2D eigenvalue weighted by Gasteiger charge is -2.24. The van der Waals surface area contributed by atoms with Crippen LogP contribution in [0.4, 0.5) is 38.5 Å². The molecule has 2 aromatic rings. The number of hydrogen-bond acceptors (Lipinski definition) is 2. The topological polar surface area (TPSA) is 73.5 Å². The number of rotatable bonds is 6. The molecule has 0 radical (unpaired) electrons. The Labute approximate surface area is 164 Å². The normalized spacial score (nSPS) is 10.9. The summed E-state index contributed by atoms with van der Waals surface area (Å²) in [5, 5.41) is 7.47. The first-order valence-corrected chi connectivity index (χ1v) is 8.73. The molecule has 0 aliphatic rings. The number of alkyl halides is 3. The zero-order valence-electron chi connectivity index (χ0n) is 15.5. The second-order valence-electron chi connectivity index (χ2n) is 5.92. The first-order chi connectivity index (χ1) is 13.7. The maximum Gasteiger partial charge on any atom is 0.416 e. The first-order valence-electron chi connectivity index (χ1n) is 8.73. The van der Waals surface area contributed by atoms with E-state index in [0.717, 1.165) is 24.3 Å². The zero-order chi connectivity index (χ0) is 21.4. The predicted octanol–water partition coefficient (Wildman–Crippen LogP) is 4.20. The summed E-state index contributed by atoms with van der Waals surface area (Å²) in [5.74, 6) is -0.507. The molecule has 0 fully saturated rings. The van der Waals surface area contributed by atoms with Crippen molar-refractivity contribution >= 4 is 23.4 Å². The number of carbonyl (C=O) groups excluding carboxylic acids is 2. The van der Waals surface area contributed by atoms with Crippen LogP contribution in [0.1, 0.15) is 12.5 Å². The number of nitrogens with one attached hydrogen (secondary N) is 3. The van der Waals surface area contributed by atoms with Crippen LogP contribution in [-0.2, 0) is 6.18 Å². The van der Waals surface area contributed by atoms with E-state index in [-0.39, 0.29) is 18.8 Å². The van der Waals surface area contributed by atoms with Gasteiger partial charge in [0.2, 0.25) is 0 Å². The van der Waals surface area contributed by atoms with Gasteiger partial charge in [-0.2, -0.15) is 13.2 Å². The molecular weight excluding hydrogens is 392 g/mol. The molecule has 10 heteroatoms. The number of carbonyl (C=O) groups is 2. The summed E-state index contributed by atoms with van der Waals surface area (Å²) in [5.41, 5.74) is -0.635. The molecule has 0 heterocycles. The number of benzene rings is 2. The van der Waals surface area contributed by atoms with Crippen molar-refractivity contribution < 1.29 is 27.2 Å². The highest BCUT2D eigenvalue weighted by molar-refractivity contribution is 6.01. The summed E-state index contributed by atoms with van der Waals surface area (Å²) < 4.78 is 51.8. The van der Waals surface area contributed by atoms with Crippen molar-refractivity contribution in [3.8, 4) is 0 Å². The van der Waals surface area contributed by atoms with Crippen LogP contribution in [0.3, 0.4) is 0 Å². The van der Waals surface area contributed by atoms with Crippen molar-refractivity contribution in [2.45, 2.75) is 13.1 Å². The molecule has 0 spiro atoms. The van der Waals surface area contributed by atoms with Gasteiger partial charge in [0.1, 0.15) is 5.82 Å². The molecule has 3 N–H and O–H groups in total. The number of halogens is 4. The number of urea groups is 2. The Morgan fingerprint density at radius 3 is 2.34 bits per heavy atom. The molecule has 156 valence electrons. The average molecular weight is 412 g/mol. The Hall–Kier alpha value is -3.30. The van der Waals surface area contributed by atoms with Crippen molar-refractivity contribution in [1.82, 2.24) is 10.6 Å². The number of anilines is 2. The van der Waals surface area contributed by atoms with E-state index in [9.17, 15) is 27.2 Å². The Morgan fingerprint density at radius 1 is 1.03 bits per heavy atom. The molecule has 6 nitrogen and oxygen atoms in total. The zero-order valence-corrected chi connectivity index (χ0v) is 15.5. The Balaban J connectivity index is 2.15. The van der Waals surface area contributed by atoms with Crippen LogP contribution in [0.15, 0.2) is 48.5 Å². The lowest BCUT2D eigenvalue weighted by Crippen LogP contribution is -2.43. The Kier molecular flexibility index (Phi) is 7.40. The predicted molar refractivity (Wildman–Crippen MR) is 101 cm³/mol. The van der Waals surface area contributed by atoms with Crippen molar-refractivity contribution in [1.29, 1.82) is 0 Å². The van der Waals surface area contributed by atoms with Crippen LogP contribution < -0.4 is 20.9 Å². The summed E-state index contributed by atoms with van der Waals surface area (Å²) in [4.78, 5) is 25.4. The van der Waals surface area contributed by atoms with Crippen molar-refractivity contribution in [2.75, 3.05) is 29.9 Å². The molecular formula is C19H20F4N4O2. The quantitative estimate of drug-likeness (QED) is 0.622. The van der Waals surface area contributed by atoms with Gasteiger partial charge in [0.15, 0.2) is 0 Å². The van der Waals surface area contributed by atoms with E-state index in [1.165, 1.54) is 29.2 Å². The fourth-order valence-electron chi connectivity index (χ4n) is 2.44. The molecule has 2 rings (SSSR count). The van der Waals surface area contributed by atoms with Gasteiger partial charge < -0.3 is 16.0 Å². The SMILES string of the molecule is CCNC(=O)NCCN(C(=O)Nc1cccc(C(F)(F)F)c1)c1ccc(F)cc1. The highest BCUT2D eigenvalue weighted by atomic mass is 19.4. The van der Waals surface area contributed by atoms with Crippen LogP contribution in [0.25, 0.3) is 0 Å². The molecule has 0 unspecified atom stereocenters. The fourth-order valence-corrected chi connectivity index (χ4v) is 2.44. The number of nitrogens with zero attached hydrogens (tertiary/aromatic N) is 1. The van der Waals surface area contributed by atoms with E-state index in [2.05, 4.69) is 16.0 Å². The molecule has 0 atom stereocenters. The minimum Gasteiger partial charge on any atom is -0.338 e. The van der Waals surface area contributed by atoms with Crippen LogP contribution in [0.5, 0.6) is 0 Å². The molecule has 0 saturated heterocycles. The number of hydrogen-bond donors (Lipinski definition) is 3.